The summed E-state index contributed by atoms with van der Waals surface area (Å²) < 4.78 is 13.3. The standard InChI is InChI=1S/C25H23N3O5/c1-14-7-19(15(2)27-21-6-4-3-5-18(21)25(30)31)24-20(8-14)22(29)9-23(33-24)16-10-26-28(11-16)17-12-32-13-17/h3-11,15,17,27H,12-13H2,1-2H3,(H,30,31). The van der Waals surface area contributed by atoms with Crippen LogP contribution in [0.25, 0.3) is 22.3 Å². The van der Waals surface area contributed by atoms with Crippen LogP contribution in [0.2, 0.25) is 0 Å². The van der Waals surface area contributed by atoms with Gasteiger partial charge in [-0.3, -0.25) is 9.48 Å². The van der Waals surface area contributed by atoms with Gasteiger partial charge < -0.3 is 19.6 Å². The molecule has 1 unspecified atom stereocenters. The second kappa shape index (κ2) is 8.22. The van der Waals surface area contributed by atoms with Crippen LogP contribution in [0.1, 0.15) is 40.5 Å². The highest BCUT2D eigenvalue weighted by molar-refractivity contribution is 5.94. The van der Waals surface area contributed by atoms with Crippen LogP contribution in [0.3, 0.4) is 0 Å². The first-order chi connectivity index (χ1) is 15.9. The number of aromatic carboxylic acids is 1. The second-order valence-corrected chi connectivity index (χ2v) is 8.32. The molecule has 1 saturated heterocycles. The molecule has 0 radical (unpaired) electrons. The highest BCUT2D eigenvalue weighted by Gasteiger charge is 2.22. The minimum Gasteiger partial charge on any atom is -0.478 e. The van der Waals surface area contributed by atoms with Crippen molar-refractivity contribution in [3.05, 3.63) is 81.8 Å². The van der Waals surface area contributed by atoms with Gasteiger partial charge in [-0.2, -0.15) is 5.10 Å². The molecule has 1 aliphatic heterocycles. The first kappa shape index (κ1) is 21.0. The number of benzene rings is 2. The number of rotatable bonds is 6. The number of aryl methyl sites for hydroxylation is 1. The molecule has 2 aromatic heterocycles. The Balaban J connectivity index is 1.58. The van der Waals surface area contributed by atoms with Crippen LogP contribution in [0.4, 0.5) is 5.69 Å². The molecule has 8 nitrogen and oxygen atoms in total. The minimum atomic E-state index is -1.01. The molecule has 8 heteroatoms. The highest BCUT2D eigenvalue weighted by atomic mass is 16.5. The maximum Gasteiger partial charge on any atom is 0.337 e. The molecule has 0 spiro atoms. The van der Waals surface area contributed by atoms with Gasteiger partial charge in [0.25, 0.3) is 0 Å². The normalized spacial score (nSPS) is 14.7. The summed E-state index contributed by atoms with van der Waals surface area (Å²) >= 11 is 0. The van der Waals surface area contributed by atoms with E-state index in [9.17, 15) is 14.7 Å². The van der Waals surface area contributed by atoms with Crippen LogP contribution in [0.15, 0.2) is 64.1 Å². The van der Waals surface area contributed by atoms with E-state index in [1.165, 1.54) is 6.07 Å². The third-order valence-corrected chi connectivity index (χ3v) is 5.88. The van der Waals surface area contributed by atoms with Crippen LogP contribution in [-0.2, 0) is 4.74 Å². The Morgan fingerprint density at radius 3 is 2.76 bits per heavy atom. The molecule has 0 aliphatic carbocycles. The number of fused-ring (bicyclic) bond motifs is 1. The number of anilines is 1. The predicted octanol–water partition coefficient (Wildman–Crippen LogP) is 4.41. The van der Waals surface area contributed by atoms with E-state index in [2.05, 4.69) is 10.4 Å². The summed E-state index contributed by atoms with van der Waals surface area (Å²) in [6.07, 6.45) is 3.54. The molecule has 1 aliphatic rings. The molecular weight excluding hydrogens is 422 g/mol. The predicted molar refractivity (Wildman–Crippen MR) is 124 cm³/mol. The van der Waals surface area contributed by atoms with Gasteiger partial charge in [0.1, 0.15) is 11.3 Å². The average molecular weight is 445 g/mol. The maximum absolute atomic E-state index is 13.0. The van der Waals surface area contributed by atoms with E-state index >= 15 is 0 Å². The van der Waals surface area contributed by atoms with Crippen molar-refractivity contribution >= 4 is 22.6 Å². The van der Waals surface area contributed by atoms with E-state index in [-0.39, 0.29) is 23.1 Å². The van der Waals surface area contributed by atoms with E-state index in [0.29, 0.717) is 41.2 Å². The summed E-state index contributed by atoms with van der Waals surface area (Å²) in [6.45, 7) is 5.06. The number of aromatic nitrogens is 2. The topological polar surface area (TPSA) is 107 Å². The SMILES string of the molecule is Cc1cc(C(C)Nc2ccccc2C(=O)O)c2oc(-c3cnn(C4COC4)c3)cc(=O)c2c1. The summed E-state index contributed by atoms with van der Waals surface area (Å²) in [7, 11) is 0. The average Bonchev–Trinajstić information content (AvgIpc) is 3.22. The van der Waals surface area contributed by atoms with Crippen molar-refractivity contribution in [3.8, 4) is 11.3 Å². The molecule has 33 heavy (non-hydrogen) atoms. The number of nitrogens with zero attached hydrogens (tertiary/aromatic N) is 2. The quantitative estimate of drug-likeness (QED) is 0.453. The monoisotopic (exact) mass is 445 g/mol. The molecule has 5 rings (SSSR count). The van der Waals surface area contributed by atoms with Gasteiger partial charge in [0.15, 0.2) is 5.43 Å². The van der Waals surface area contributed by atoms with Crippen LogP contribution in [0.5, 0.6) is 0 Å². The number of hydrogen-bond donors (Lipinski definition) is 2. The Bertz CT molecular complexity index is 1420. The van der Waals surface area contributed by atoms with Crippen molar-refractivity contribution in [1.29, 1.82) is 0 Å². The van der Waals surface area contributed by atoms with Crippen LogP contribution >= 0.6 is 0 Å². The highest BCUT2D eigenvalue weighted by Crippen LogP contribution is 2.31. The zero-order valence-corrected chi connectivity index (χ0v) is 18.2. The second-order valence-electron chi connectivity index (χ2n) is 8.32. The number of carbonyl (C=O) groups is 1. The number of ether oxygens (including phenoxy) is 1. The first-order valence-electron chi connectivity index (χ1n) is 10.7. The Labute approximate surface area is 189 Å². The fraction of sp³-hybridized carbons (Fsp3) is 0.240. The van der Waals surface area contributed by atoms with Crippen LogP contribution in [0, 0.1) is 6.92 Å². The van der Waals surface area contributed by atoms with Crippen molar-refractivity contribution in [1.82, 2.24) is 9.78 Å². The van der Waals surface area contributed by atoms with Gasteiger partial charge in [0.05, 0.1) is 48.0 Å². The maximum atomic E-state index is 13.0. The fourth-order valence-corrected chi connectivity index (χ4v) is 4.05. The molecule has 168 valence electrons. The summed E-state index contributed by atoms with van der Waals surface area (Å²) in [6, 6.07) is 11.9. The van der Waals surface area contributed by atoms with Gasteiger partial charge in [-0.1, -0.05) is 18.2 Å². The smallest absolute Gasteiger partial charge is 0.337 e. The van der Waals surface area contributed by atoms with E-state index in [1.807, 2.05) is 36.9 Å². The Kier molecular flexibility index (Phi) is 5.22. The lowest BCUT2D eigenvalue weighted by atomic mass is 10.0. The molecule has 2 N–H and O–H groups in total. The number of carboxylic acids is 1. The molecule has 1 atom stereocenters. The third-order valence-electron chi connectivity index (χ3n) is 5.88. The zero-order valence-electron chi connectivity index (χ0n) is 18.2. The molecule has 0 bridgehead atoms. The van der Waals surface area contributed by atoms with Gasteiger partial charge in [0, 0.05) is 23.5 Å². The van der Waals surface area contributed by atoms with Gasteiger partial charge in [-0.05, 0) is 37.6 Å². The first-order valence-corrected chi connectivity index (χ1v) is 10.7. The van der Waals surface area contributed by atoms with Crippen molar-refractivity contribution in [3.63, 3.8) is 0 Å². The number of nitrogens with one attached hydrogen (secondary N) is 1. The van der Waals surface area contributed by atoms with E-state index in [1.54, 1.807) is 30.5 Å². The van der Waals surface area contributed by atoms with Crippen molar-refractivity contribution in [2.24, 2.45) is 0 Å². The third kappa shape index (κ3) is 3.89. The summed E-state index contributed by atoms with van der Waals surface area (Å²) in [5.74, 6) is -0.579. The van der Waals surface area contributed by atoms with Crippen molar-refractivity contribution in [2.75, 3.05) is 18.5 Å². The van der Waals surface area contributed by atoms with Gasteiger partial charge in [0.2, 0.25) is 0 Å². The lowest BCUT2D eigenvalue weighted by Crippen LogP contribution is -2.30. The Morgan fingerprint density at radius 1 is 1.24 bits per heavy atom. The lowest BCUT2D eigenvalue weighted by Gasteiger charge is -2.25. The van der Waals surface area contributed by atoms with E-state index in [4.69, 9.17) is 9.15 Å². The number of hydrogen-bond acceptors (Lipinski definition) is 6. The minimum absolute atomic E-state index is 0.144. The number of para-hydroxylation sites is 1. The molecule has 4 aromatic rings. The summed E-state index contributed by atoms with van der Waals surface area (Å²) in [4.78, 5) is 24.6. The van der Waals surface area contributed by atoms with E-state index in [0.717, 1.165) is 11.1 Å². The fourth-order valence-electron chi connectivity index (χ4n) is 4.05. The molecule has 0 saturated carbocycles. The van der Waals surface area contributed by atoms with E-state index < -0.39 is 5.97 Å². The molecule has 2 aromatic carbocycles. The van der Waals surface area contributed by atoms with Crippen LogP contribution < -0.4 is 10.7 Å². The molecule has 1 fully saturated rings. The summed E-state index contributed by atoms with van der Waals surface area (Å²) in [5.41, 5.74) is 3.39. The largest absolute Gasteiger partial charge is 0.478 e. The molecule has 3 heterocycles. The number of carboxylic acid groups (broad SMARTS) is 1. The molecule has 0 amide bonds. The van der Waals surface area contributed by atoms with Crippen molar-refractivity contribution < 1.29 is 19.1 Å². The van der Waals surface area contributed by atoms with Gasteiger partial charge in [-0.25, -0.2) is 4.79 Å². The Hall–Kier alpha value is -3.91. The Morgan fingerprint density at radius 2 is 2.03 bits per heavy atom. The molecular formula is C25H23N3O5. The zero-order chi connectivity index (χ0) is 23.1. The van der Waals surface area contributed by atoms with Gasteiger partial charge >= 0.3 is 5.97 Å². The summed E-state index contributed by atoms with van der Waals surface area (Å²) in [5, 5.41) is 17.6. The van der Waals surface area contributed by atoms with Gasteiger partial charge in [-0.15, -0.1) is 0 Å². The lowest BCUT2D eigenvalue weighted by molar-refractivity contribution is -0.0286. The van der Waals surface area contributed by atoms with Crippen LogP contribution in [-0.4, -0.2) is 34.1 Å². The van der Waals surface area contributed by atoms with Crippen molar-refractivity contribution in [2.45, 2.75) is 25.9 Å².